The molecule has 1 saturated carbocycles. The standard InChI is InChI=1S/C16H25NO/c1-12-9-10-14(13-7-5-4-6-8-13)16(18)15(12)11-17(2)3/h9-10,13,18H,4-8,11H2,1-3H3. The van der Waals surface area contributed by atoms with Crippen LogP contribution in [0.25, 0.3) is 0 Å². The molecule has 0 heterocycles. The van der Waals surface area contributed by atoms with Crippen molar-refractivity contribution in [1.29, 1.82) is 0 Å². The Hall–Kier alpha value is -1.02. The summed E-state index contributed by atoms with van der Waals surface area (Å²) in [7, 11) is 4.10. The highest BCUT2D eigenvalue weighted by Crippen LogP contribution is 2.39. The minimum Gasteiger partial charge on any atom is -0.507 e. The maximum Gasteiger partial charge on any atom is 0.123 e. The molecule has 1 aromatic carbocycles. The predicted octanol–water partition coefficient (Wildman–Crippen LogP) is 3.81. The zero-order valence-corrected chi connectivity index (χ0v) is 11.9. The summed E-state index contributed by atoms with van der Waals surface area (Å²) in [6, 6.07) is 4.31. The number of phenols is 1. The topological polar surface area (TPSA) is 23.5 Å². The van der Waals surface area contributed by atoms with Crippen LogP contribution in [0.1, 0.15) is 54.7 Å². The summed E-state index contributed by atoms with van der Waals surface area (Å²) in [5.74, 6) is 1.12. The maximum atomic E-state index is 10.5. The molecule has 0 saturated heterocycles. The van der Waals surface area contributed by atoms with Crippen LogP contribution >= 0.6 is 0 Å². The minimum absolute atomic E-state index is 0.551. The molecule has 0 radical (unpaired) electrons. The molecule has 0 aliphatic heterocycles. The Labute approximate surface area is 111 Å². The van der Waals surface area contributed by atoms with Gasteiger partial charge in [0.1, 0.15) is 5.75 Å². The fraction of sp³-hybridized carbons (Fsp3) is 0.625. The Morgan fingerprint density at radius 2 is 1.83 bits per heavy atom. The first-order valence-electron chi connectivity index (χ1n) is 7.05. The summed E-state index contributed by atoms with van der Waals surface area (Å²) in [5.41, 5.74) is 3.47. The lowest BCUT2D eigenvalue weighted by Gasteiger charge is -2.25. The summed E-state index contributed by atoms with van der Waals surface area (Å²) >= 11 is 0. The lowest BCUT2D eigenvalue weighted by atomic mass is 9.82. The van der Waals surface area contributed by atoms with Gasteiger partial charge < -0.3 is 10.0 Å². The molecule has 18 heavy (non-hydrogen) atoms. The molecule has 2 nitrogen and oxygen atoms in total. The molecule has 2 heteroatoms. The van der Waals surface area contributed by atoms with E-state index >= 15 is 0 Å². The Morgan fingerprint density at radius 1 is 1.17 bits per heavy atom. The molecule has 1 N–H and O–H groups in total. The van der Waals surface area contributed by atoms with Crippen LogP contribution in [-0.4, -0.2) is 24.1 Å². The Bertz CT molecular complexity index is 406. The van der Waals surface area contributed by atoms with Gasteiger partial charge in [0.05, 0.1) is 0 Å². The quantitative estimate of drug-likeness (QED) is 0.878. The summed E-state index contributed by atoms with van der Waals surface area (Å²) in [5, 5.41) is 10.5. The van der Waals surface area contributed by atoms with Crippen molar-refractivity contribution in [3.63, 3.8) is 0 Å². The van der Waals surface area contributed by atoms with Crippen LogP contribution in [0.4, 0.5) is 0 Å². The third-order valence-electron chi connectivity index (χ3n) is 4.07. The van der Waals surface area contributed by atoms with E-state index < -0.39 is 0 Å². The van der Waals surface area contributed by atoms with Crippen molar-refractivity contribution in [2.75, 3.05) is 14.1 Å². The lowest BCUT2D eigenvalue weighted by molar-refractivity contribution is 0.375. The highest BCUT2D eigenvalue weighted by Gasteiger charge is 2.21. The van der Waals surface area contributed by atoms with Crippen LogP contribution < -0.4 is 0 Å². The van der Waals surface area contributed by atoms with Gasteiger partial charge in [-0.25, -0.2) is 0 Å². The number of rotatable bonds is 3. The van der Waals surface area contributed by atoms with Crippen LogP contribution in [0.5, 0.6) is 5.75 Å². The highest BCUT2D eigenvalue weighted by molar-refractivity contribution is 5.46. The zero-order chi connectivity index (χ0) is 13.1. The summed E-state index contributed by atoms with van der Waals surface area (Å²) in [6.45, 7) is 2.90. The van der Waals surface area contributed by atoms with Crippen LogP contribution in [0.2, 0.25) is 0 Å². The average molecular weight is 247 g/mol. The van der Waals surface area contributed by atoms with E-state index in [4.69, 9.17) is 0 Å². The zero-order valence-electron chi connectivity index (χ0n) is 11.9. The first kappa shape index (κ1) is 13.4. The number of benzene rings is 1. The fourth-order valence-electron chi connectivity index (χ4n) is 3.01. The molecule has 2 rings (SSSR count). The average Bonchev–Trinajstić information content (AvgIpc) is 2.35. The van der Waals surface area contributed by atoms with E-state index in [1.807, 2.05) is 14.1 Å². The molecule has 1 aromatic rings. The van der Waals surface area contributed by atoms with Gasteiger partial charge in [-0.05, 0) is 50.9 Å². The van der Waals surface area contributed by atoms with E-state index in [1.54, 1.807) is 0 Å². The molecule has 0 atom stereocenters. The van der Waals surface area contributed by atoms with E-state index in [1.165, 1.54) is 43.2 Å². The smallest absolute Gasteiger partial charge is 0.123 e. The Kier molecular flexibility index (Phi) is 4.28. The molecule has 100 valence electrons. The second kappa shape index (κ2) is 5.75. The molecule has 0 unspecified atom stereocenters. The SMILES string of the molecule is Cc1ccc(C2CCCCC2)c(O)c1CN(C)C. The number of phenolic OH excluding ortho intramolecular Hbond substituents is 1. The van der Waals surface area contributed by atoms with Crippen molar-refractivity contribution in [2.24, 2.45) is 0 Å². The number of nitrogens with zero attached hydrogens (tertiary/aromatic N) is 1. The van der Waals surface area contributed by atoms with Gasteiger partial charge >= 0.3 is 0 Å². The van der Waals surface area contributed by atoms with Gasteiger partial charge in [-0.1, -0.05) is 31.4 Å². The van der Waals surface area contributed by atoms with Gasteiger partial charge in [-0.2, -0.15) is 0 Å². The summed E-state index contributed by atoms with van der Waals surface area (Å²) in [6.07, 6.45) is 6.44. The van der Waals surface area contributed by atoms with Crippen LogP contribution in [-0.2, 0) is 6.54 Å². The summed E-state index contributed by atoms with van der Waals surface area (Å²) in [4.78, 5) is 2.12. The molecule has 0 amide bonds. The number of aromatic hydroxyl groups is 1. The third-order valence-corrected chi connectivity index (χ3v) is 4.07. The minimum atomic E-state index is 0.551. The first-order valence-corrected chi connectivity index (χ1v) is 7.05. The Morgan fingerprint density at radius 3 is 2.44 bits per heavy atom. The van der Waals surface area contributed by atoms with E-state index in [2.05, 4.69) is 24.0 Å². The van der Waals surface area contributed by atoms with Crippen molar-refractivity contribution in [3.05, 3.63) is 28.8 Å². The van der Waals surface area contributed by atoms with Crippen molar-refractivity contribution in [1.82, 2.24) is 4.90 Å². The van der Waals surface area contributed by atoms with E-state index in [0.29, 0.717) is 11.7 Å². The van der Waals surface area contributed by atoms with Crippen LogP contribution in [0.15, 0.2) is 12.1 Å². The van der Waals surface area contributed by atoms with Crippen molar-refractivity contribution in [3.8, 4) is 5.75 Å². The normalized spacial score (nSPS) is 17.3. The molecule has 0 aromatic heterocycles. The van der Waals surface area contributed by atoms with Gasteiger partial charge in [-0.15, -0.1) is 0 Å². The van der Waals surface area contributed by atoms with E-state index in [0.717, 1.165) is 12.1 Å². The van der Waals surface area contributed by atoms with Gasteiger partial charge in [0.2, 0.25) is 0 Å². The van der Waals surface area contributed by atoms with Crippen molar-refractivity contribution < 1.29 is 5.11 Å². The predicted molar refractivity (Wildman–Crippen MR) is 76.1 cm³/mol. The molecule has 1 aliphatic carbocycles. The maximum absolute atomic E-state index is 10.5. The van der Waals surface area contributed by atoms with E-state index in [9.17, 15) is 5.11 Å². The largest absolute Gasteiger partial charge is 0.507 e. The molecular formula is C16H25NO. The number of aryl methyl sites for hydroxylation is 1. The fourth-order valence-corrected chi connectivity index (χ4v) is 3.01. The number of hydrogen-bond acceptors (Lipinski definition) is 2. The molecule has 0 spiro atoms. The monoisotopic (exact) mass is 247 g/mol. The van der Waals surface area contributed by atoms with Crippen LogP contribution in [0, 0.1) is 6.92 Å². The second-order valence-corrected chi connectivity index (χ2v) is 5.87. The first-order chi connectivity index (χ1) is 8.59. The van der Waals surface area contributed by atoms with Crippen molar-refractivity contribution >= 4 is 0 Å². The molecular weight excluding hydrogens is 222 g/mol. The van der Waals surface area contributed by atoms with Crippen molar-refractivity contribution in [2.45, 2.75) is 51.5 Å². The Balaban J connectivity index is 2.30. The highest BCUT2D eigenvalue weighted by atomic mass is 16.3. The number of hydrogen-bond donors (Lipinski definition) is 1. The molecule has 1 aliphatic rings. The van der Waals surface area contributed by atoms with Gasteiger partial charge in [0, 0.05) is 12.1 Å². The van der Waals surface area contributed by atoms with Crippen LogP contribution in [0.3, 0.4) is 0 Å². The lowest BCUT2D eigenvalue weighted by Crippen LogP contribution is -2.13. The van der Waals surface area contributed by atoms with Gasteiger partial charge in [0.25, 0.3) is 0 Å². The molecule has 0 bridgehead atoms. The van der Waals surface area contributed by atoms with Gasteiger partial charge in [0.15, 0.2) is 0 Å². The summed E-state index contributed by atoms with van der Waals surface area (Å²) < 4.78 is 0. The molecule has 1 fully saturated rings. The van der Waals surface area contributed by atoms with Gasteiger partial charge in [-0.3, -0.25) is 0 Å². The second-order valence-electron chi connectivity index (χ2n) is 5.87. The van der Waals surface area contributed by atoms with E-state index in [-0.39, 0.29) is 0 Å². The third kappa shape index (κ3) is 2.86.